The zero-order chi connectivity index (χ0) is 48.4. The van der Waals surface area contributed by atoms with Gasteiger partial charge in [-0.25, -0.2) is 0 Å². The maximum Gasteiger partial charge on any atom is 0.261 e. The van der Waals surface area contributed by atoms with E-state index in [2.05, 4.69) is 21.3 Å². The van der Waals surface area contributed by atoms with Gasteiger partial charge in [0.1, 0.15) is 23.7 Å². The molecule has 1 heterocycles. The Labute approximate surface area is 395 Å². The van der Waals surface area contributed by atoms with Crippen LogP contribution in [0.4, 0.5) is 0 Å². The first-order valence-corrected chi connectivity index (χ1v) is 24.9. The van der Waals surface area contributed by atoms with E-state index in [1.54, 1.807) is 60.7 Å². The predicted molar refractivity (Wildman–Crippen MR) is 260 cm³/mol. The van der Waals surface area contributed by atoms with Crippen LogP contribution in [0.25, 0.3) is 0 Å². The topological polar surface area (TPSA) is 192 Å². The molecule has 5 N–H and O–H groups in total. The Kier molecular flexibility index (Phi) is 20.0. The van der Waals surface area contributed by atoms with Crippen molar-refractivity contribution in [3.8, 4) is 0 Å². The van der Waals surface area contributed by atoms with Crippen LogP contribution in [-0.2, 0) is 50.6 Å². The van der Waals surface area contributed by atoms with Crippen molar-refractivity contribution >= 4 is 47.4 Å². The van der Waals surface area contributed by atoms with Crippen LogP contribution in [0.2, 0.25) is 0 Å². The number of carbonyl (C=O) groups is 5. The number of nitrogens with zero attached hydrogens (tertiary/aromatic N) is 1. The van der Waals surface area contributed by atoms with Gasteiger partial charge in [-0.05, 0) is 79.8 Å². The third kappa shape index (κ3) is 16.4. The number of hydrogen-bond donors (Lipinski definition) is 5. The molecule has 0 radical (unpaired) electrons. The highest BCUT2D eigenvalue weighted by atomic mass is 31.2. The summed E-state index contributed by atoms with van der Waals surface area (Å²) in [7, 11) is -3.79. The second-order valence-electron chi connectivity index (χ2n) is 18.3. The first kappa shape index (κ1) is 52.5. The van der Waals surface area contributed by atoms with Crippen molar-refractivity contribution in [2.24, 2.45) is 11.8 Å². The molecule has 15 heteroatoms. The van der Waals surface area contributed by atoms with Gasteiger partial charge in [0.25, 0.3) is 7.37 Å². The fourth-order valence-electron chi connectivity index (χ4n) is 7.92. The van der Waals surface area contributed by atoms with E-state index in [9.17, 15) is 33.6 Å². The molecule has 360 valence electrons. The Morgan fingerprint density at radius 3 is 1.63 bits per heavy atom. The van der Waals surface area contributed by atoms with Crippen LogP contribution in [0.3, 0.4) is 0 Å². The van der Waals surface area contributed by atoms with Crippen molar-refractivity contribution in [1.82, 2.24) is 26.2 Å². The van der Waals surface area contributed by atoms with Gasteiger partial charge in [0.2, 0.25) is 23.6 Å². The van der Waals surface area contributed by atoms with Gasteiger partial charge in [-0.3, -0.25) is 33.4 Å². The number of aliphatic hydroxyl groups is 1. The minimum absolute atomic E-state index is 0.0392. The third-order valence-corrected chi connectivity index (χ3v) is 14.0. The SMILES string of the molecule is CC(C)C[C@H](NC(=O)[C@H](CCc1ccccc1)NC(=O)CN1CCOCC1)C(=O)N[C@@H](Cc1ccccc1)C(=O)N[C@@H](CC(C)C)C(=O)[C@](C)(O)COP(=O)(c1ccccc1)c1ccccc1. The number of morpholine rings is 1. The first-order valence-electron chi connectivity index (χ1n) is 23.2. The predicted octanol–water partition coefficient (Wildman–Crippen LogP) is 4.49. The van der Waals surface area contributed by atoms with E-state index in [0.29, 0.717) is 43.3 Å². The number of benzene rings is 4. The van der Waals surface area contributed by atoms with Crippen LogP contribution >= 0.6 is 7.37 Å². The summed E-state index contributed by atoms with van der Waals surface area (Å²) in [6.45, 7) is 10.5. The number of ether oxygens (including phenoxy) is 1. The van der Waals surface area contributed by atoms with E-state index in [1.807, 2.05) is 93.3 Å². The Morgan fingerprint density at radius 1 is 0.642 bits per heavy atom. The molecular weight excluding hydrogens is 870 g/mol. The summed E-state index contributed by atoms with van der Waals surface area (Å²) in [5, 5.41) is 24.1. The molecule has 0 aliphatic carbocycles. The number of Topliss-reactive ketones (excluding diaryl/α,β-unsaturated/α-hetero) is 1. The summed E-state index contributed by atoms with van der Waals surface area (Å²) in [6.07, 6.45) is 1.16. The van der Waals surface area contributed by atoms with Crippen LogP contribution in [0, 0.1) is 11.8 Å². The minimum atomic E-state index is -3.79. The lowest BCUT2D eigenvalue weighted by Gasteiger charge is -2.31. The number of amides is 4. The van der Waals surface area contributed by atoms with Gasteiger partial charge in [-0.15, -0.1) is 0 Å². The normalized spacial score (nSPS) is 15.9. The molecule has 67 heavy (non-hydrogen) atoms. The Balaban J connectivity index is 1.35. The van der Waals surface area contributed by atoms with Gasteiger partial charge in [-0.2, -0.15) is 0 Å². The summed E-state index contributed by atoms with van der Waals surface area (Å²) in [5.74, 6) is -3.10. The van der Waals surface area contributed by atoms with Crippen LogP contribution in [0.1, 0.15) is 65.0 Å². The summed E-state index contributed by atoms with van der Waals surface area (Å²) in [4.78, 5) is 72.8. The highest BCUT2D eigenvalue weighted by Crippen LogP contribution is 2.45. The summed E-state index contributed by atoms with van der Waals surface area (Å²) < 4.78 is 26.1. The number of aryl methyl sites for hydroxylation is 1. The minimum Gasteiger partial charge on any atom is -0.380 e. The van der Waals surface area contributed by atoms with E-state index in [4.69, 9.17) is 9.26 Å². The maximum atomic E-state index is 14.6. The molecule has 0 bridgehead atoms. The average molecular weight is 938 g/mol. The van der Waals surface area contributed by atoms with Gasteiger partial charge in [0.15, 0.2) is 5.78 Å². The fraction of sp³-hybridized carbons (Fsp3) is 0.442. The molecule has 0 saturated carbocycles. The van der Waals surface area contributed by atoms with Crippen LogP contribution in [0.5, 0.6) is 0 Å². The lowest BCUT2D eigenvalue weighted by Crippen LogP contribution is -2.60. The second kappa shape index (κ2) is 25.6. The van der Waals surface area contributed by atoms with Crippen molar-refractivity contribution in [2.75, 3.05) is 39.5 Å². The van der Waals surface area contributed by atoms with E-state index < -0.39 is 67.2 Å². The summed E-state index contributed by atoms with van der Waals surface area (Å²) in [6, 6.07) is 31.3. The number of hydrogen-bond acceptors (Lipinski definition) is 10. The Morgan fingerprint density at radius 2 is 1.09 bits per heavy atom. The zero-order valence-electron chi connectivity index (χ0n) is 39.4. The molecule has 1 aliphatic heterocycles. The van der Waals surface area contributed by atoms with Gasteiger partial charge in [0, 0.05) is 30.1 Å². The summed E-state index contributed by atoms with van der Waals surface area (Å²) in [5.41, 5.74) is -0.497. The smallest absolute Gasteiger partial charge is 0.261 e. The first-order chi connectivity index (χ1) is 32.0. The molecule has 0 unspecified atom stereocenters. The summed E-state index contributed by atoms with van der Waals surface area (Å²) >= 11 is 0. The molecule has 4 aromatic carbocycles. The number of rotatable bonds is 25. The van der Waals surface area contributed by atoms with E-state index in [0.717, 1.165) is 11.1 Å². The Bertz CT molecular complexity index is 2200. The molecule has 1 fully saturated rings. The quantitative estimate of drug-likeness (QED) is 0.0592. The van der Waals surface area contributed by atoms with Crippen molar-refractivity contribution < 1.29 is 42.9 Å². The second-order valence-corrected chi connectivity index (χ2v) is 20.7. The number of carbonyl (C=O) groups excluding carboxylic acids is 5. The molecule has 0 spiro atoms. The van der Waals surface area contributed by atoms with Gasteiger partial charge >= 0.3 is 0 Å². The van der Waals surface area contributed by atoms with Crippen molar-refractivity contribution in [3.05, 3.63) is 132 Å². The number of ketones is 1. The van der Waals surface area contributed by atoms with Crippen molar-refractivity contribution in [1.29, 1.82) is 0 Å². The van der Waals surface area contributed by atoms with Gasteiger partial charge in [-0.1, -0.05) is 125 Å². The molecule has 14 nitrogen and oxygen atoms in total. The molecule has 5 atom stereocenters. The molecule has 1 aliphatic rings. The highest BCUT2D eigenvalue weighted by Gasteiger charge is 2.41. The fourth-order valence-corrected chi connectivity index (χ4v) is 10.1. The van der Waals surface area contributed by atoms with E-state index in [-0.39, 0.29) is 50.0 Å². The largest absolute Gasteiger partial charge is 0.380 e. The van der Waals surface area contributed by atoms with Crippen molar-refractivity contribution in [3.63, 3.8) is 0 Å². The average Bonchev–Trinajstić information content (AvgIpc) is 3.32. The third-order valence-electron chi connectivity index (χ3n) is 11.5. The highest BCUT2D eigenvalue weighted by molar-refractivity contribution is 7.74. The maximum absolute atomic E-state index is 14.6. The van der Waals surface area contributed by atoms with Gasteiger partial charge < -0.3 is 35.6 Å². The molecule has 0 aromatic heterocycles. The van der Waals surface area contributed by atoms with Crippen LogP contribution < -0.4 is 31.9 Å². The monoisotopic (exact) mass is 937 g/mol. The van der Waals surface area contributed by atoms with Crippen molar-refractivity contribution in [2.45, 2.75) is 96.5 Å². The zero-order valence-corrected chi connectivity index (χ0v) is 40.3. The van der Waals surface area contributed by atoms with E-state index in [1.165, 1.54) is 6.92 Å². The number of nitrogens with one attached hydrogen (secondary N) is 4. The molecule has 4 aromatic rings. The van der Waals surface area contributed by atoms with Gasteiger partial charge in [0.05, 0.1) is 32.4 Å². The Hall–Kier alpha value is -5.50. The molecular formula is C52H68N5O9P. The van der Waals surface area contributed by atoms with E-state index >= 15 is 0 Å². The lowest BCUT2D eigenvalue weighted by atomic mass is 9.90. The molecule has 5 rings (SSSR count). The molecule has 4 amide bonds. The van der Waals surface area contributed by atoms with Crippen LogP contribution in [-0.4, -0.2) is 109 Å². The molecule has 1 saturated heterocycles. The lowest BCUT2D eigenvalue weighted by molar-refractivity contribution is -0.143. The standard InChI is InChI=1S/C52H68N5O9P/c1-37(2)32-44(48(59)52(5,63)36-66-67(64,41-22-14-8-15-23-41)42-24-16-9-17-25-42)54-51(62)46(34-40-20-12-7-13-21-40)56-50(61)45(33-38(3)4)55-49(60)43(27-26-39-18-10-6-11-19-39)53-47(58)35-57-28-30-65-31-29-57/h6-25,37-38,43-46,63H,26-36H2,1-5H3,(H,53,58)(H,54,62)(H,55,60)(H,56,61)/t43-,44-,45-,46-,52+/m0/s1. The van der Waals surface area contributed by atoms with Crippen LogP contribution in [0.15, 0.2) is 121 Å².